The van der Waals surface area contributed by atoms with Crippen molar-refractivity contribution in [2.75, 3.05) is 18.1 Å². The van der Waals surface area contributed by atoms with Crippen LogP contribution < -0.4 is 16.4 Å². The van der Waals surface area contributed by atoms with Gasteiger partial charge in [-0.05, 0) is 18.2 Å². The van der Waals surface area contributed by atoms with Gasteiger partial charge in [-0.3, -0.25) is 0 Å². The van der Waals surface area contributed by atoms with Gasteiger partial charge < -0.3 is 21.5 Å². The van der Waals surface area contributed by atoms with Crippen LogP contribution in [0.4, 0.5) is 16.2 Å². The summed E-state index contributed by atoms with van der Waals surface area (Å²) in [7, 11) is 1.47. The molecule has 0 radical (unpaired) electrons. The van der Waals surface area contributed by atoms with Gasteiger partial charge in [0.15, 0.2) is 0 Å². The second kappa shape index (κ2) is 4.32. The number of nitrogens with two attached hydrogens (primary N) is 1. The van der Waals surface area contributed by atoms with Crippen molar-refractivity contribution in [2.45, 2.75) is 0 Å². The van der Waals surface area contributed by atoms with Crippen LogP contribution in [0.2, 0.25) is 0 Å². The molecule has 1 aromatic carbocycles. The Morgan fingerprint density at radius 2 is 2.07 bits per heavy atom. The van der Waals surface area contributed by atoms with Gasteiger partial charge in [0, 0.05) is 7.05 Å². The molecule has 0 aliphatic heterocycles. The van der Waals surface area contributed by atoms with Crippen molar-refractivity contribution in [1.29, 1.82) is 0 Å². The number of carbonyl (C=O) groups excluding carboxylic acids is 1. The highest BCUT2D eigenvalue weighted by Gasteiger charge is 2.07. The molecule has 6 nitrogen and oxygen atoms in total. The number of aromatic carboxylic acids is 1. The predicted molar refractivity (Wildman–Crippen MR) is 55.9 cm³/mol. The molecule has 0 spiro atoms. The highest BCUT2D eigenvalue weighted by Crippen LogP contribution is 2.19. The van der Waals surface area contributed by atoms with E-state index >= 15 is 0 Å². The Labute approximate surface area is 86.1 Å². The number of rotatable bonds is 2. The molecule has 6 heteroatoms. The summed E-state index contributed by atoms with van der Waals surface area (Å²) in [5, 5.41) is 13.5. The zero-order valence-corrected chi connectivity index (χ0v) is 8.07. The molecule has 0 aliphatic rings. The molecule has 0 fully saturated rings. The fourth-order valence-electron chi connectivity index (χ4n) is 0.994. The van der Waals surface area contributed by atoms with Crippen LogP contribution in [0.25, 0.3) is 0 Å². The van der Waals surface area contributed by atoms with E-state index in [-0.39, 0.29) is 11.3 Å². The van der Waals surface area contributed by atoms with E-state index in [1.165, 1.54) is 25.2 Å². The third-order valence-corrected chi connectivity index (χ3v) is 1.77. The molecule has 1 aromatic rings. The molecule has 0 atom stereocenters. The average molecular weight is 209 g/mol. The lowest BCUT2D eigenvalue weighted by molar-refractivity contribution is 0.0697. The Kier molecular flexibility index (Phi) is 3.12. The van der Waals surface area contributed by atoms with E-state index in [1.807, 2.05) is 0 Å². The standard InChI is InChI=1S/C9H11N3O3/c1-11-9(15)12-7-3-2-5(8(13)14)4-6(7)10/h2-4H,10H2,1H3,(H,13,14)(H2,11,12,15). The lowest BCUT2D eigenvalue weighted by Crippen LogP contribution is -2.25. The molecule has 2 amide bonds. The second-order valence-electron chi connectivity index (χ2n) is 2.81. The summed E-state index contributed by atoms with van der Waals surface area (Å²) in [6.45, 7) is 0. The minimum absolute atomic E-state index is 0.0787. The summed E-state index contributed by atoms with van der Waals surface area (Å²) in [5.41, 5.74) is 6.22. The molecule has 0 heterocycles. The van der Waals surface area contributed by atoms with Gasteiger partial charge >= 0.3 is 12.0 Å². The third kappa shape index (κ3) is 2.60. The van der Waals surface area contributed by atoms with Crippen molar-refractivity contribution >= 4 is 23.4 Å². The first-order valence-corrected chi connectivity index (χ1v) is 4.16. The summed E-state index contributed by atoms with van der Waals surface area (Å²) < 4.78 is 0. The van der Waals surface area contributed by atoms with Crippen LogP contribution in [-0.4, -0.2) is 24.2 Å². The number of nitrogens with one attached hydrogen (secondary N) is 2. The lowest BCUT2D eigenvalue weighted by Gasteiger charge is -2.07. The Morgan fingerprint density at radius 1 is 1.40 bits per heavy atom. The number of hydrogen-bond acceptors (Lipinski definition) is 3. The molecular weight excluding hydrogens is 198 g/mol. The van der Waals surface area contributed by atoms with Gasteiger partial charge in [0.25, 0.3) is 0 Å². The number of urea groups is 1. The number of benzene rings is 1. The smallest absolute Gasteiger partial charge is 0.335 e. The molecule has 0 saturated carbocycles. The van der Waals surface area contributed by atoms with Gasteiger partial charge in [0.2, 0.25) is 0 Å². The van der Waals surface area contributed by atoms with Crippen LogP contribution in [0.5, 0.6) is 0 Å². The van der Waals surface area contributed by atoms with Crippen molar-refractivity contribution < 1.29 is 14.7 Å². The minimum atomic E-state index is -1.06. The average Bonchev–Trinajstić information content (AvgIpc) is 2.20. The first-order valence-electron chi connectivity index (χ1n) is 4.16. The summed E-state index contributed by atoms with van der Waals surface area (Å²) in [6.07, 6.45) is 0. The molecule has 15 heavy (non-hydrogen) atoms. The Morgan fingerprint density at radius 3 is 2.53 bits per heavy atom. The predicted octanol–water partition coefficient (Wildman–Crippen LogP) is 0.718. The van der Waals surface area contributed by atoms with Crippen LogP contribution in [0, 0.1) is 0 Å². The van der Waals surface area contributed by atoms with Gasteiger partial charge in [0.1, 0.15) is 0 Å². The van der Waals surface area contributed by atoms with Gasteiger partial charge in [0.05, 0.1) is 16.9 Å². The molecule has 80 valence electrons. The van der Waals surface area contributed by atoms with Crippen LogP contribution in [0.3, 0.4) is 0 Å². The van der Waals surface area contributed by atoms with Crippen LogP contribution in [0.15, 0.2) is 18.2 Å². The Bertz CT molecular complexity index is 404. The van der Waals surface area contributed by atoms with Gasteiger partial charge in [-0.25, -0.2) is 9.59 Å². The number of carbonyl (C=O) groups is 2. The number of nitrogen functional groups attached to an aromatic ring is 1. The maximum atomic E-state index is 11.0. The van der Waals surface area contributed by atoms with E-state index in [0.29, 0.717) is 5.69 Å². The minimum Gasteiger partial charge on any atom is -0.478 e. The zero-order chi connectivity index (χ0) is 11.4. The lowest BCUT2D eigenvalue weighted by atomic mass is 10.2. The fourth-order valence-corrected chi connectivity index (χ4v) is 0.994. The highest BCUT2D eigenvalue weighted by molar-refractivity contribution is 5.95. The Hall–Kier alpha value is -2.24. The number of carboxylic acids is 1. The number of amides is 2. The van der Waals surface area contributed by atoms with Crippen molar-refractivity contribution in [3.8, 4) is 0 Å². The summed E-state index contributed by atoms with van der Waals surface area (Å²) in [4.78, 5) is 21.5. The van der Waals surface area contributed by atoms with E-state index in [9.17, 15) is 9.59 Å². The van der Waals surface area contributed by atoms with Crippen molar-refractivity contribution in [2.24, 2.45) is 0 Å². The van der Waals surface area contributed by atoms with Gasteiger partial charge in [-0.15, -0.1) is 0 Å². The largest absolute Gasteiger partial charge is 0.478 e. The monoisotopic (exact) mass is 209 g/mol. The summed E-state index contributed by atoms with van der Waals surface area (Å²) >= 11 is 0. The van der Waals surface area contributed by atoms with Crippen LogP contribution in [0.1, 0.15) is 10.4 Å². The Balaban J connectivity index is 2.93. The number of carboxylic acid groups (broad SMARTS) is 1. The van der Waals surface area contributed by atoms with E-state index in [2.05, 4.69) is 10.6 Å². The maximum absolute atomic E-state index is 11.0. The molecule has 0 saturated heterocycles. The molecule has 0 aliphatic carbocycles. The quantitative estimate of drug-likeness (QED) is 0.538. The zero-order valence-electron chi connectivity index (χ0n) is 8.07. The summed E-state index contributed by atoms with van der Waals surface area (Å²) in [5.74, 6) is -1.06. The topological polar surface area (TPSA) is 104 Å². The van der Waals surface area contributed by atoms with Crippen molar-refractivity contribution in [3.63, 3.8) is 0 Å². The second-order valence-corrected chi connectivity index (χ2v) is 2.81. The molecule has 0 bridgehead atoms. The molecular formula is C9H11N3O3. The van der Waals surface area contributed by atoms with Crippen LogP contribution >= 0.6 is 0 Å². The third-order valence-electron chi connectivity index (χ3n) is 1.77. The van der Waals surface area contributed by atoms with Crippen molar-refractivity contribution in [3.05, 3.63) is 23.8 Å². The van der Waals surface area contributed by atoms with Crippen molar-refractivity contribution in [1.82, 2.24) is 5.32 Å². The van der Waals surface area contributed by atoms with Crippen LogP contribution in [-0.2, 0) is 0 Å². The highest BCUT2D eigenvalue weighted by atomic mass is 16.4. The first kappa shape index (κ1) is 10.8. The maximum Gasteiger partial charge on any atom is 0.335 e. The van der Waals surface area contributed by atoms with E-state index in [0.717, 1.165) is 0 Å². The molecule has 1 rings (SSSR count). The number of anilines is 2. The molecule has 5 N–H and O–H groups in total. The van der Waals surface area contributed by atoms with E-state index in [1.54, 1.807) is 0 Å². The van der Waals surface area contributed by atoms with E-state index < -0.39 is 12.0 Å². The first-order chi connectivity index (χ1) is 7.04. The van der Waals surface area contributed by atoms with Gasteiger partial charge in [-0.2, -0.15) is 0 Å². The van der Waals surface area contributed by atoms with Gasteiger partial charge in [-0.1, -0.05) is 0 Å². The van der Waals surface area contributed by atoms with E-state index in [4.69, 9.17) is 10.8 Å². The summed E-state index contributed by atoms with van der Waals surface area (Å²) in [6, 6.07) is 3.68. The number of hydrogen-bond donors (Lipinski definition) is 4. The fraction of sp³-hybridized carbons (Fsp3) is 0.111. The molecule has 0 unspecified atom stereocenters. The SMILES string of the molecule is CNC(=O)Nc1ccc(C(=O)O)cc1N. The molecule has 0 aromatic heterocycles. The normalized spacial score (nSPS) is 9.40.